The Morgan fingerprint density at radius 1 is 1.05 bits per heavy atom. The molecule has 0 N–H and O–H groups in total. The minimum absolute atomic E-state index is 0.391. The Bertz CT molecular complexity index is 654. The molecule has 1 heterocycles. The molecule has 0 fully saturated rings. The highest BCUT2D eigenvalue weighted by Crippen LogP contribution is 2.59. The van der Waals surface area contributed by atoms with Crippen LogP contribution in [0.1, 0.15) is 38.8 Å². The summed E-state index contributed by atoms with van der Waals surface area (Å²) in [6, 6.07) is 5.25. The van der Waals surface area contributed by atoms with Crippen LogP contribution in [0.5, 0.6) is 0 Å². The lowest BCUT2D eigenvalue weighted by Crippen LogP contribution is -2.41. The molecule has 1 atom stereocenters. The minimum Gasteiger partial charge on any atom is -0.361 e. The molecule has 0 saturated heterocycles. The zero-order valence-electron chi connectivity index (χ0n) is 15.0. The van der Waals surface area contributed by atoms with Gasteiger partial charge in [-0.3, -0.25) is 4.67 Å². The third kappa shape index (κ3) is 2.66. The van der Waals surface area contributed by atoms with Crippen molar-refractivity contribution in [1.29, 1.82) is 0 Å². The van der Waals surface area contributed by atoms with Gasteiger partial charge in [0.05, 0.1) is 5.69 Å². The number of benzene rings is 1. The minimum atomic E-state index is -2.06. The fraction of sp³-hybridized carbons (Fsp3) is 0.588. The predicted molar refractivity (Wildman–Crippen MR) is 103 cm³/mol. The summed E-state index contributed by atoms with van der Waals surface area (Å²) < 4.78 is 2.51. The fourth-order valence-corrected chi connectivity index (χ4v) is 9.24. The molecule has 0 aliphatic carbocycles. The van der Waals surface area contributed by atoms with Gasteiger partial charge in [-0.25, -0.2) is 4.99 Å². The second-order valence-electron chi connectivity index (χ2n) is 6.90. The van der Waals surface area contributed by atoms with Crippen molar-refractivity contribution in [3.63, 3.8) is 0 Å². The predicted octanol–water partition coefficient (Wildman–Crippen LogP) is 4.00. The first-order chi connectivity index (χ1) is 10.1. The van der Waals surface area contributed by atoms with Gasteiger partial charge in [0.1, 0.15) is 6.19 Å². The Balaban J connectivity index is 2.79. The summed E-state index contributed by atoms with van der Waals surface area (Å²) in [5, 5.41) is 1.27. The SMILES string of the molecule is Cc1cc(C)c2c(c1)P(=S)(N(C(C)C)C(C)C)C(N(C)C)=N2. The summed E-state index contributed by atoms with van der Waals surface area (Å²) in [4.78, 5) is 7.10. The number of rotatable bonds is 3. The van der Waals surface area contributed by atoms with Crippen molar-refractivity contribution >= 4 is 34.6 Å². The standard InChI is InChI=1S/C17H28N3PS/c1-11(2)20(12(3)4)21(22)15-10-13(5)9-14(6)16(15)18-17(21)19(7)8/h9-12H,1-8H3. The number of hydrogen-bond acceptors (Lipinski definition) is 3. The number of aliphatic imine (C=N–C) groups is 1. The average Bonchev–Trinajstić information content (AvgIpc) is 2.63. The molecule has 1 unspecified atom stereocenters. The quantitative estimate of drug-likeness (QED) is 0.777. The number of aryl methyl sites for hydroxylation is 2. The van der Waals surface area contributed by atoms with Gasteiger partial charge in [0, 0.05) is 31.5 Å². The van der Waals surface area contributed by atoms with E-state index in [1.807, 2.05) is 0 Å². The molecular weight excluding hydrogens is 309 g/mol. The molecule has 1 aromatic carbocycles. The lowest BCUT2D eigenvalue weighted by atomic mass is 10.1. The van der Waals surface area contributed by atoms with E-state index >= 15 is 0 Å². The summed E-state index contributed by atoms with van der Waals surface area (Å²) >= 11 is 6.38. The van der Waals surface area contributed by atoms with Crippen LogP contribution in [0.25, 0.3) is 0 Å². The van der Waals surface area contributed by atoms with E-state index in [1.54, 1.807) is 0 Å². The number of hydrogen-bond donors (Lipinski definition) is 0. The van der Waals surface area contributed by atoms with E-state index in [0.29, 0.717) is 12.1 Å². The van der Waals surface area contributed by atoms with E-state index in [0.717, 1.165) is 11.3 Å². The Kier molecular flexibility index (Phi) is 4.87. The van der Waals surface area contributed by atoms with Crippen molar-refractivity contribution in [1.82, 2.24) is 9.57 Å². The Morgan fingerprint density at radius 2 is 1.59 bits per heavy atom. The van der Waals surface area contributed by atoms with E-state index < -0.39 is 6.19 Å². The molecular formula is C17H28N3PS. The molecule has 22 heavy (non-hydrogen) atoms. The van der Waals surface area contributed by atoms with Crippen LogP contribution < -0.4 is 5.30 Å². The van der Waals surface area contributed by atoms with Crippen LogP contribution in [0.15, 0.2) is 17.1 Å². The fourth-order valence-electron chi connectivity index (χ4n) is 3.44. The average molecular weight is 337 g/mol. The third-order valence-electron chi connectivity index (χ3n) is 4.02. The molecule has 0 aromatic heterocycles. The van der Waals surface area contributed by atoms with Gasteiger partial charge in [0.2, 0.25) is 0 Å². The van der Waals surface area contributed by atoms with Crippen molar-refractivity contribution in [2.45, 2.75) is 53.6 Å². The van der Waals surface area contributed by atoms with Crippen LogP contribution in [0.3, 0.4) is 0 Å². The smallest absolute Gasteiger partial charge is 0.156 e. The first kappa shape index (κ1) is 17.7. The van der Waals surface area contributed by atoms with E-state index in [1.165, 1.54) is 16.4 Å². The Labute approximate surface area is 140 Å². The Morgan fingerprint density at radius 3 is 2.05 bits per heavy atom. The number of amidine groups is 1. The molecule has 0 saturated carbocycles. The van der Waals surface area contributed by atoms with Gasteiger partial charge in [0.25, 0.3) is 0 Å². The highest BCUT2D eigenvalue weighted by molar-refractivity contribution is 8.25. The normalized spacial score (nSPS) is 20.8. The molecule has 0 amide bonds. The molecule has 0 spiro atoms. The molecule has 2 rings (SSSR count). The molecule has 3 nitrogen and oxygen atoms in total. The Hall–Kier alpha value is -0.700. The summed E-state index contributed by atoms with van der Waals surface area (Å²) in [7, 11) is 4.12. The largest absolute Gasteiger partial charge is 0.361 e. The molecule has 1 aliphatic heterocycles. The van der Waals surface area contributed by atoms with Gasteiger partial charge in [-0.2, -0.15) is 0 Å². The topological polar surface area (TPSA) is 18.8 Å². The first-order valence-corrected chi connectivity index (χ1v) is 10.6. The highest BCUT2D eigenvalue weighted by Gasteiger charge is 2.43. The van der Waals surface area contributed by atoms with Crippen LogP contribution in [0.2, 0.25) is 0 Å². The van der Waals surface area contributed by atoms with Gasteiger partial charge in [0.15, 0.2) is 5.58 Å². The van der Waals surface area contributed by atoms with Crippen molar-refractivity contribution in [3.8, 4) is 0 Å². The monoisotopic (exact) mass is 337 g/mol. The van der Waals surface area contributed by atoms with Crippen molar-refractivity contribution in [2.75, 3.05) is 14.1 Å². The summed E-state index contributed by atoms with van der Waals surface area (Å²) in [6.07, 6.45) is -2.06. The van der Waals surface area contributed by atoms with E-state index in [9.17, 15) is 0 Å². The van der Waals surface area contributed by atoms with Gasteiger partial charge in [-0.1, -0.05) is 17.9 Å². The summed E-state index contributed by atoms with van der Waals surface area (Å²) in [6.45, 7) is 13.2. The number of nitrogens with zero attached hydrogens (tertiary/aromatic N) is 3. The van der Waals surface area contributed by atoms with Crippen LogP contribution in [0, 0.1) is 13.8 Å². The van der Waals surface area contributed by atoms with Crippen LogP contribution >= 0.6 is 6.19 Å². The van der Waals surface area contributed by atoms with Crippen molar-refractivity contribution in [3.05, 3.63) is 23.3 Å². The van der Waals surface area contributed by atoms with Gasteiger partial charge in [-0.15, -0.1) is 0 Å². The maximum absolute atomic E-state index is 6.38. The molecule has 1 aliphatic rings. The van der Waals surface area contributed by atoms with Gasteiger partial charge in [-0.05, 0) is 58.7 Å². The second-order valence-corrected chi connectivity index (χ2v) is 11.0. The molecule has 5 heteroatoms. The zero-order valence-corrected chi connectivity index (χ0v) is 16.7. The number of fused-ring (bicyclic) bond motifs is 1. The van der Waals surface area contributed by atoms with E-state index in [4.69, 9.17) is 16.8 Å². The maximum atomic E-state index is 6.38. The molecule has 1 aromatic rings. The maximum Gasteiger partial charge on any atom is 0.156 e. The second kappa shape index (κ2) is 6.07. The first-order valence-electron chi connectivity index (χ1n) is 7.88. The molecule has 122 valence electrons. The summed E-state index contributed by atoms with van der Waals surface area (Å²) in [5.74, 6) is 0. The lowest BCUT2D eigenvalue weighted by molar-refractivity contribution is 0.326. The van der Waals surface area contributed by atoms with Gasteiger partial charge >= 0.3 is 0 Å². The third-order valence-corrected chi connectivity index (χ3v) is 9.27. The van der Waals surface area contributed by atoms with Crippen LogP contribution in [-0.4, -0.2) is 41.3 Å². The highest BCUT2D eigenvalue weighted by atomic mass is 32.4. The van der Waals surface area contributed by atoms with Crippen molar-refractivity contribution in [2.24, 2.45) is 4.99 Å². The summed E-state index contributed by atoms with van der Waals surface area (Å²) in [5.41, 5.74) is 4.67. The lowest BCUT2D eigenvalue weighted by Gasteiger charge is -2.41. The van der Waals surface area contributed by atoms with Gasteiger partial charge < -0.3 is 4.90 Å². The molecule has 0 radical (unpaired) electrons. The van der Waals surface area contributed by atoms with Crippen LogP contribution in [0.4, 0.5) is 5.69 Å². The van der Waals surface area contributed by atoms with E-state index in [2.05, 4.69) is 77.3 Å². The van der Waals surface area contributed by atoms with E-state index in [-0.39, 0.29) is 0 Å². The van der Waals surface area contributed by atoms with Crippen LogP contribution in [-0.2, 0) is 11.8 Å². The van der Waals surface area contributed by atoms with Crippen molar-refractivity contribution < 1.29 is 0 Å². The zero-order chi connectivity index (χ0) is 16.8. The molecule has 0 bridgehead atoms.